The minimum absolute atomic E-state index is 0. The van der Waals surface area contributed by atoms with Crippen LogP contribution >= 0.6 is 0 Å². The van der Waals surface area contributed by atoms with Crippen molar-refractivity contribution in [1.82, 2.24) is 0 Å². The summed E-state index contributed by atoms with van der Waals surface area (Å²) in [6, 6.07) is 6.70. The summed E-state index contributed by atoms with van der Waals surface area (Å²) >= 11 is -1.49. The Labute approximate surface area is 124 Å². The fraction of sp³-hybridized carbons (Fsp3) is 0.200. The number of aromatic hydroxyl groups is 1. The summed E-state index contributed by atoms with van der Waals surface area (Å²) in [5.41, 5.74) is 5.69. The molecule has 1 fully saturated rings. The van der Waals surface area contributed by atoms with Crippen molar-refractivity contribution in [1.29, 1.82) is 0 Å². The van der Waals surface area contributed by atoms with Gasteiger partial charge in [0.1, 0.15) is 5.75 Å². The fourth-order valence-electron chi connectivity index (χ4n) is 1.06. The molecule has 0 bridgehead atoms. The molecule has 10 heteroatoms. The number of hydrogen-bond acceptors (Lipinski definition) is 6. The number of phenolic OH excluding ortho intramolecular Hbond substituents is 1. The second-order valence-corrected chi connectivity index (χ2v) is 4.99. The molecule has 0 unspecified atom stereocenters. The average molecular weight is 397 g/mol. The molecule has 1 heterocycles. The van der Waals surface area contributed by atoms with Crippen LogP contribution < -0.4 is 5.73 Å². The Morgan fingerprint density at radius 3 is 1.85 bits per heavy atom. The van der Waals surface area contributed by atoms with Crippen LogP contribution in [0.1, 0.15) is 0 Å². The van der Waals surface area contributed by atoms with Crippen LogP contribution in [0.3, 0.4) is 0 Å². The second-order valence-electron chi connectivity index (χ2n) is 3.36. The number of phenols is 1. The third kappa shape index (κ3) is 5.22. The van der Waals surface area contributed by atoms with E-state index in [0.29, 0.717) is 5.69 Å². The second kappa shape index (κ2) is 8.59. The van der Waals surface area contributed by atoms with Crippen LogP contribution in [0, 0.1) is 0 Å². The zero-order chi connectivity index (χ0) is 14.4. The Balaban J connectivity index is 0.000000359. The molecule has 1 radical (unpaired) electrons. The number of nitrogens with two attached hydrogens (primary N) is 1. The molecule has 1 aliphatic heterocycles. The molecule has 1 aromatic carbocycles. The van der Waals surface area contributed by atoms with Gasteiger partial charge in [-0.15, -0.1) is 0 Å². The molecule has 111 valence electrons. The van der Waals surface area contributed by atoms with E-state index in [-0.39, 0.29) is 11.2 Å². The predicted octanol–water partition coefficient (Wildman–Crippen LogP) is -1.38. The van der Waals surface area contributed by atoms with Crippen molar-refractivity contribution in [3.63, 3.8) is 0 Å². The Hall–Kier alpha value is -1.54. The van der Waals surface area contributed by atoms with Crippen molar-refractivity contribution < 1.29 is 36.4 Å². The van der Waals surface area contributed by atoms with E-state index in [1.54, 1.807) is 24.3 Å². The maximum atomic E-state index is 10.3. The van der Waals surface area contributed by atoms with E-state index in [0.717, 1.165) is 0 Å². The summed E-state index contributed by atoms with van der Waals surface area (Å²) < 4.78 is 9.27. The molecule has 2 atom stereocenters. The van der Waals surface area contributed by atoms with E-state index in [1.165, 1.54) is 0 Å². The van der Waals surface area contributed by atoms with E-state index in [9.17, 15) is 9.59 Å². The third-order valence-corrected chi connectivity index (χ3v) is 3.80. The van der Waals surface area contributed by atoms with Gasteiger partial charge in [-0.25, -0.2) is 0 Å². The van der Waals surface area contributed by atoms with Crippen LogP contribution in [0.4, 0.5) is 5.69 Å². The van der Waals surface area contributed by atoms with Gasteiger partial charge in [0.25, 0.3) is 0 Å². The number of benzene rings is 1. The van der Waals surface area contributed by atoms with Crippen LogP contribution in [-0.4, -0.2) is 67.4 Å². The first kappa shape index (κ1) is 18.5. The molecule has 0 saturated carbocycles. The number of carboxylic acids is 2. The number of anilines is 1. The van der Waals surface area contributed by atoms with Gasteiger partial charge in [0.05, 0.1) is 5.69 Å². The van der Waals surface area contributed by atoms with Gasteiger partial charge in [-0.1, -0.05) is 12.1 Å². The molecule has 0 amide bonds. The number of para-hydroxylation sites is 2. The van der Waals surface area contributed by atoms with E-state index in [2.05, 4.69) is 6.03 Å². The molecular formula is C10H13NO8Sb. The van der Waals surface area contributed by atoms with Gasteiger partial charge < -0.3 is 16.3 Å². The van der Waals surface area contributed by atoms with Crippen molar-refractivity contribution >= 4 is 40.1 Å². The molecular weight excluding hydrogens is 384 g/mol. The first-order valence-electron chi connectivity index (χ1n) is 4.94. The molecule has 1 aliphatic rings. The Morgan fingerprint density at radius 2 is 1.55 bits per heavy atom. The standard InChI is InChI=1S/C6H7NO.C4H4O6.H2O.Sb/c7-5-3-1-2-4-6(5)8;5-1(3(7)8)2(6)4(9)10;;/h1-4,8H,7H2;1-2H,(H,7,8)(H,9,10);1H2;/q;-2;;+2/t;1-,2+;;. The normalized spacial score (nSPS) is 20.2. The number of nitrogen functional groups attached to an aromatic ring is 1. The van der Waals surface area contributed by atoms with Crippen molar-refractivity contribution in [2.45, 2.75) is 12.2 Å². The minimum atomic E-state index is -1.49. The molecule has 0 spiro atoms. The van der Waals surface area contributed by atoms with Gasteiger partial charge >= 0.3 is 72.4 Å². The maximum absolute atomic E-state index is 10.3. The van der Waals surface area contributed by atoms with E-state index >= 15 is 0 Å². The van der Waals surface area contributed by atoms with Crippen molar-refractivity contribution in [2.75, 3.05) is 5.73 Å². The summed E-state index contributed by atoms with van der Waals surface area (Å²) in [4.78, 5) is 20.5. The Morgan fingerprint density at radius 1 is 1.10 bits per heavy atom. The summed E-state index contributed by atoms with van der Waals surface area (Å²) in [5.74, 6) is -2.43. The van der Waals surface area contributed by atoms with Crippen LogP contribution in [0.2, 0.25) is 0 Å². The molecule has 0 aliphatic carbocycles. The van der Waals surface area contributed by atoms with Crippen molar-refractivity contribution in [3.05, 3.63) is 24.3 Å². The quantitative estimate of drug-likeness (QED) is 0.269. The Kier molecular flexibility index (Phi) is 7.93. The van der Waals surface area contributed by atoms with Gasteiger partial charge in [-0.3, -0.25) is 0 Å². The first-order chi connectivity index (χ1) is 8.93. The zero-order valence-electron chi connectivity index (χ0n) is 9.96. The van der Waals surface area contributed by atoms with Crippen LogP contribution in [0.15, 0.2) is 24.3 Å². The van der Waals surface area contributed by atoms with Crippen molar-refractivity contribution in [3.8, 4) is 5.75 Å². The van der Waals surface area contributed by atoms with E-state index in [1.807, 2.05) is 0 Å². The summed E-state index contributed by atoms with van der Waals surface area (Å²) in [6.45, 7) is 0. The number of aliphatic carboxylic acids is 2. The molecule has 0 aromatic heterocycles. The van der Waals surface area contributed by atoms with E-state index < -0.39 is 46.6 Å². The van der Waals surface area contributed by atoms with Crippen LogP contribution in [0.5, 0.6) is 5.75 Å². The van der Waals surface area contributed by atoms with Crippen molar-refractivity contribution in [2.24, 2.45) is 0 Å². The summed E-state index contributed by atoms with van der Waals surface area (Å²) in [7, 11) is 0. The summed E-state index contributed by atoms with van der Waals surface area (Å²) in [6.07, 6.45) is -2.63. The average Bonchev–Trinajstić information content (AvgIpc) is 2.83. The molecule has 7 N–H and O–H groups in total. The monoisotopic (exact) mass is 396 g/mol. The molecule has 1 aromatic rings. The number of carboxylic acid groups (broad SMARTS) is 2. The SMILES string of the molecule is Nc1ccccc1O.O.O=C(O)[C@H]1[O][Sb][O][C@H]1C(=O)O. The molecule has 9 nitrogen and oxygen atoms in total. The van der Waals surface area contributed by atoms with Gasteiger partial charge in [-0.05, 0) is 12.1 Å². The van der Waals surface area contributed by atoms with Gasteiger partial charge in [-0.2, -0.15) is 0 Å². The predicted molar refractivity (Wildman–Crippen MR) is 66.9 cm³/mol. The first-order valence-corrected chi connectivity index (χ1v) is 7.03. The van der Waals surface area contributed by atoms with Gasteiger partial charge in [0.2, 0.25) is 0 Å². The fourth-order valence-corrected chi connectivity index (χ4v) is 2.88. The third-order valence-electron chi connectivity index (χ3n) is 2.01. The molecule has 1 saturated heterocycles. The number of hydrogen-bond donors (Lipinski definition) is 4. The number of rotatable bonds is 2. The van der Waals surface area contributed by atoms with Gasteiger partial charge in [0, 0.05) is 0 Å². The molecule has 2 rings (SSSR count). The van der Waals surface area contributed by atoms with E-state index in [4.69, 9.17) is 21.1 Å². The van der Waals surface area contributed by atoms with Crippen LogP contribution in [0.25, 0.3) is 0 Å². The topological polar surface area (TPSA) is 171 Å². The zero-order valence-corrected chi connectivity index (χ0v) is 12.5. The van der Waals surface area contributed by atoms with Crippen LogP contribution in [-0.2, 0) is 15.6 Å². The van der Waals surface area contributed by atoms with Gasteiger partial charge in [0.15, 0.2) is 0 Å². The number of carbonyl (C=O) groups is 2. The summed E-state index contributed by atoms with van der Waals surface area (Å²) in [5, 5.41) is 25.6. The molecule has 20 heavy (non-hydrogen) atoms. The Bertz CT molecular complexity index is 427.